The Hall–Kier alpha value is -0.990. The lowest BCUT2D eigenvalue weighted by molar-refractivity contribution is -0.137. The van der Waals surface area contributed by atoms with Crippen LogP contribution in [0.1, 0.15) is 18.4 Å². The number of unbranched alkanes of at least 4 members (excludes halogenated alkanes) is 1. The van der Waals surface area contributed by atoms with Gasteiger partial charge in [0.05, 0.1) is 17.0 Å². The van der Waals surface area contributed by atoms with Gasteiger partial charge in [0, 0.05) is 11.6 Å². The van der Waals surface area contributed by atoms with Crippen LogP contribution in [0, 0.1) is 0 Å². The van der Waals surface area contributed by atoms with Crippen molar-refractivity contribution in [3.05, 3.63) is 28.8 Å². The van der Waals surface area contributed by atoms with Gasteiger partial charge in [0.25, 0.3) is 0 Å². The molecule has 0 unspecified atom stereocenters. The number of alkyl halides is 3. The van der Waals surface area contributed by atoms with Crippen molar-refractivity contribution < 1.29 is 26.7 Å². The molecule has 2 N–H and O–H groups in total. The van der Waals surface area contributed by atoms with Gasteiger partial charge in [-0.1, -0.05) is 11.6 Å². The molecule has 1 rings (SSSR count). The fourth-order valence-electron chi connectivity index (χ4n) is 1.45. The minimum absolute atomic E-state index is 0.148. The third-order valence-corrected chi connectivity index (χ3v) is 3.91. The van der Waals surface area contributed by atoms with Crippen LogP contribution in [-0.2, 0) is 16.2 Å². The molecule has 0 atom stereocenters. The molecule has 0 spiro atoms. The van der Waals surface area contributed by atoms with Crippen LogP contribution in [0.3, 0.4) is 0 Å². The van der Waals surface area contributed by atoms with E-state index in [1.165, 1.54) is 0 Å². The molecular formula is C11H13ClF3NO3S. The minimum atomic E-state index is -4.61. The first-order valence-electron chi connectivity index (χ1n) is 5.63. The fraction of sp³-hybridized carbons (Fsp3) is 0.455. The van der Waals surface area contributed by atoms with E-state index in [0.717, 1.165) is 6.07 Å². The summed E-state index contributed by atoms with van der Waals surface area (Å²) in [6.45, 7) is -0.148. The maximum atomic E-state index is 12.6. The van der Waals surface area contributed by atoms with Crippen molar-refractivity contribution >= 4 is 27.3 Å². The summed E-state index contributed by atoms with van der Waals surface area (Å²) in [4.78, 5) is 0. The van der Waals surface area contributed by atoms with Gasteiger partial charge in [-0.3, -0.25) is 4.72 Å². The highest BCUT2D eigenvalue weighted by Gasteiger charge is 2.31. The highest BCUT2D eigenvalue weighted by molar-refractivity contribution is 7.92. The van der Waals surface area contributed by atoms with Crippen LogP contribution >= 0.6 is 11.6 Å². The van der Waals surface area contributed by atoms with E-state index < -0.39 is 21.8 Å². The summed E-state index contributed by atoms with van der Waals surface area (Å²) in [6.07, 6.45) is -4.11. The Morgan fingerprint density at radius 2 is 1.85 bits per heavy atom. The number of sulfonamides is 1. The van der Waals surface area contributed by atoms with Gasteiger partial charge in [0.2, 0.25) is 10.0 Å². The predicted molar refractivity (Wildman–Crippen MR) is 70.2 cm³/mol. The lowest BCUT2D eigenvalue weighted by atomic mass is 10.2. The number of halogens is 4. The molecule has 0 amide bonds. The zero-order chi connectivity index (χ0) is 15.4. The van der Waals surface area contributed by atoms with Crippen LogP contribution in [0.2, 0.25) is 5.02 Å². The number of aliphatic hydroxyl groups is 1. The first-order chi connectivity index (χ1) is 9.14. The lowest BCUT2D eigenvalue weighted by Gasteiger charge is -2.12. The summed E-state index contributed by atoms with van der Waals surface area (Å²) in [7, 11) is -3.77. The second-order valence-corrected chi connectivity index (χ2v) is 6.36. The summed E-state index contributed by atoms with van der Waals surface area (Å²) < 4.78 is 63.0. The van der Waals surface area contributed by atoms with Gasteiger partial charge >= 0.3 is 6.18 Å². The molecule has 20 heavy (non-hydrogen) atoms. The first-order valence-corrected chi connectivity index (χ1v) is 7.66. The van der Waals surface area contributed by atoms with E-state index in [-0.39, 0.29) is 29.5 Å². The van der Waals surface area contributed by atoms with Crippen molar-refractivity contribution in [3.63, 3.8) is 0 Å². The Labute approximate surface area is 119 Å². The van der Waals surface area contributed by atoms with Crippen molar-refractivity contribution in [1.29, 1.82) is 0 Å². The predicted octanol–water partition coefficient (Wildman–Crippen LogP) is 2.87. The maximum absolute atomic E-state index is 12.6. The standard InChI is InChI=1S/C11H13ClF3NO3S/c12-9-5-8(11(13,14)15)6-10(7-9)16-20(18,19)4-2-1-3-17/h5-7,16-17H,1-4H2. The SMILES string of the molecule is O=S(=O)(CCCCO)Nc1cc(Cl)cc(C(F)(F)F)c1. The van der Waals surface area contributed by atoms with Gasteiger partial charge < -0.3 is 5.11 Å². The molecule has 0 heterocycles. The zero-order valence-electron chi connectivity index (χ0n) is 10.2. The van der Waals surface area contributed by atoms with Gasteiger partial charge in [-0.2, -0.15) is 13.2 Å². The third-order valence-electron chi connectivity index (χ3n) is 2.32. The Morgan fingerprint density at radius 1 is 1.20 bits per heavy atom. The molecule has 0 aliphatic carbocycles. The highest BCUT2D eigenvalue weighted by Crippen LogP contribution is 2.33. The maximum Gasteiger partial charge on any atom is 0.416 e. The number of hydrogen-bond donors (Lipinski definition) is 2. The van der Waals surface area contributed by atoms with E-state index in [1.54, 1.807) is 0 Å². The Bertz CT molecular complexity index is 561. The van der Waals surface area contributed by atoms with Gasteiger partial charge in [-0.15, -0.1) is 0 Å². The molecule has 0 saturated heterocycles. The van der Waals surface area contributed by atoms with Crippen LogP contribution < -0.4 is 4.72 Å². The minimum Gasteiger partial charge on any atom is -0.396 e. The molecule has 114 valence electrons. The molecule has 0 aliphatic heterocycles. The average molecular weight is 332 g/mol. The van der Waals surface area contributed by atoms with Crippen LogP contribution in [-0.4, -0.2) is 25.9 Å². The monoisotopic (exact) mass is 331 g/mol. The number of benzene rings is 1. The number of anilines is 1. The molecule has 0 aliphatic rings. The molecule has 0 saturated carbocycles. The zero-order valence-corrected chi connectivity index (χ0v) is 11.8. The van der Waals surface area contributed by atoms with E-state index in [1.807, 2.05) is 4.72 Å². The van der Waals surface area contributed by atoms with Crippen molar-refractivity contribution in [1.82, 2.24) is 0 Å². The Kier molecular flexibility index (Phi) is 5.67. The average Bonchev–Trinajstić information content (AvgIpc) is 2.26. The summed E-state index contributed by atoms with van der Waals surface area (Å²) in [5.74, 6) is -0.290. The number of nitrogens with one attached hydrogen (secondary N) is 1. The van der Waals surface area contributed by atoms with Crippen molar-refractivity contribution in [2.24, 2.45) is 0 Å². The molecule has 0 aromatic heterocycles. The van der Waals surface area contributed by atoms with Crippen molar-refractivity contribution in [3.8, 4) is 0 Å². The smallest absolute Gasteiger partial charge is 0.396 e. The van der Waals surface area contributed by atoms with Gasteiger partial charge in [0.1, 0.15) is 0 Å². The van der Waals surface area contributed by atoms with Crippen LogP contribution in [0.4, 0.5) is 18.9 Å². The summed E-state index contributed by atoms with van der Waals surface area (Å²) >= 11 is 5.54. The lowest BCUT2D eigenvalue weighted by Crippen LogP contribution is -2.17. The van der Waals surface area contributed by atoms with Crippen molar-refractivity contribution in [2.75, 3.05) is 17.1 Å². The first kappa shape index (κ1) is 17.1. The molecule has 0 radical (unpaired) electrons. The molecule has 0 fully saturated rings. The Morgan fingerprint density at radius 3 is 2.40 bits per heavy atom. The fourth-order valence-corrected chi connectivity index (χ4v) is 2.84. The van der Waals surface area contributed by atoms with Crippen LogP contribution in [0.15, 0.2) is 18.2 Å². The molecular weight excluding hydrogens is 319 g/mol. The molecule has 1 aromatic rings. The topological polar surface area (TPSA) is 66.4 Å². The van der Waals surface area contributed by atoms with Crippen molar-refractivity contribution in [2.45, 2.75) is 19.0 Å². The second kappa shape index (κ2) is 6.64. The summed E-state index contributed by atoms with van der Waals surface area (Å²) in [5.41, 5.74) is -1.27. The van der Waals surface area contributed by atoms with E-state index in [0.29, 0.717) is 18.6 Å². The van der Waals surface area contributed by atoms with E-state index in [9.17, 15) is 21.6 Å². The Balaban J connectivity index is 2.90. The van der Waals surface area contributed by atoms with Gasteiger partial charge in [-0.05, 0) is 31.0 Å². The quantitative estimate of drug-likeness (QED) is 0.788. The third kappa shape index (κ3) is 5.56. The number of aliphatic hydroxyl groups excluding tert-OH is 1. The number of rotatable bonds is 6. The number of hydrogen-bond acceptors (Lipinski definition) is 3. The van der Waals surface area contributed by atoms with E-state index in [2.05, 4.69) is 0 Å². The van der Waals surface area contributed by atoms with Crippen LogP contribution in [0.25, 0.3) is 0 Å². The molecule has 1 aromatic carbocycles. The molecule has 0 bridgehead atoms. The molecule has 9 heteroatoms. The largest absolute Gasteiger partial charge is 0.416 e. The summed E-state index contributed by atoms with van der Waals surface area (Å²) in [5, 5.41) is 8.34. The highest BCUT2D eigenvalue weighted by atomic mass is 35.5. The van der Waals surface area contributed by atoms with Gasteiger partial charge in [-0.25, -0.2) is 8.42 Å². The normalized spacial score (nSPS) is 12.4. The molecule has 4 nitrogen and oxygen atoms in total. The summed E-state index contributed by atoms with van der Waals surface area (Å²) in [6, 6.07) is 2.49. The van der Waals surface area contributed by atoms with E-state index >= 15 is 0 Å². The second-order valence-electron chi connectivity index (χ2n) is 4.08. The van der Waals surface area contributed by atoms with Crippen LogP contribution in [0.5, 0.6) is 0 Å². The van der Waals surface area contributed by atoms with E-state index in [4.69, 9.17) is 16.7 Å². The van der Waals surface area contributed by atoms with Gasteiger partial charge in [0.15, 0.2) is 0 Å².